The number of rotatable bonds is 4. The molecule has 0 aromatic heterocycles. The maximum absolute atomic E-state index is 9.57. The molecule has 0 saturated heterocycles. The molecule has 0 radical (unpaired) electrons. The fourth-order valence-corrected chi connectivity index (χ4v) is 1.33. The van der Waals surface area contributed by atoms with E-state index in [0.29, 0.717) is 5.75 Å². The van der Waals surface area contributed by atoms with Crippen molar-refractivity contribution >= 4 is 0 Å². The van der Waals surface area contributed by atoms with Gasteiger partial charge in [-0.2, -0.15) is 0 Å². The van der Waals surface area contributed by atoms with E-state index in [9.17, 15) is 5.11 Å². The average molecular weight is 194 g/mol. The number of phenolic OH excluding ortho intramolecular Hbond substituents is 1. The van der Waals surface area contributed by atoms with Crippen molar-refractivity contribution in [2.75, 3.05) is 6.54 Å². The van der Waals surface area contributed by atoms with Crippen molar-refractivity contribution in [1.82, 2.24) is 5.32 Å². The molecule has 3 heteroatoms. The first-order valence-corrected chi connectivity index (χ1v) is 4.88. The summed E-state index contributed by atoms with van der Waals surface area (Å²) in [7, 11) is 0. The fraction of sp³-hybridized carbons (Fsp3) is 0.455. The summed E-state index contributed by atoms with van der Waals surface area (Å²) < 4.78 is 0. The lowest BCUT2D eigenvalue weighted by molar-refractivity contribution is 0.449. The predicted octanol–water partition coefficient (Wildman–Crippen LogP) is 1.39. The third kappa shape index (κ3) is 3.01. The van der Waals surface area contributed by atoms with Crippen LogP contribution >= 0.6 is 0 Å². The summed E-state index contributed by atoms with van der Waals surface area (Å²) in [6.45, 7) is 4.71. The van der Waals surface area contributed by atoms with Gasteiger partial charge >= 0.3 is 0 Å². The zero-order valence-electron chi connectivity index (χ0n) is 8.70. The number of aromatic hydroxyl groups is 1. The molecule has 1 rings (SSSR count). The lowest BCUT2D eigenvalue weighted by Gasteiger charge is -2.16. The molecule has 0 aliphatic rings. The van der Waals surface area contributed by atoms with Gasteiger partial charge < -0.3 is 16.2 Å². The van der Waals surface area contributed by atoms with Crippen LogP contribution in [0.25, 0.3) is 0 Å². The third-order valence-corrected chi connectivity index (χ3v) is 2.15. The van der Waals surface area contributed by atoms with Crippen LogP contribution < -0.4 is 11.1 Å². The van der Waals surface area contributed by atoms with Gasteiger partial charge in [0.15, 0.2) is 0 Å². The number of phenols is 1. The van der Waals surface area contributed by atoms with Gasteiger partial charge in [0.25, 0.3) is 0 Å². The van der Waals surface area contributed by atoms with Crippen LogP contribution in [-0.2, 0) is 0 Å². The summed E-state index contributed by atoms with van der Waals surface area (Å²) in [4.78, 5) is 0. The van der Waals surface area contributed by atoms with E-state index in [0.717, 1.165) is 12.1 Å². The maximum Gasteiger partial charge on any atom is 0.120 e. The van der Waals surface area contributed by atoms with Crippen LogP contribution in [0.1, 0.15) is 25.5 Å². The molecular weight excluding hydrogens is 176 g/mol. The summed E-state index contributed by atoms with van der Waals surface area (Å²) in [5.74, 6) is 0.331. The highest BCUT2D eigenvalue weighted by Crippen LogP contribution is 2.22. The molecule has 4 N–H and O–H groups in total. The minimum absolute atomic E-state index is 0.127. The second kappa shape index (κ2) is 4.98. The van der Waals surface area contributed by atoms with Crippen molar-refractivity contribution in [3.05, 3.63) is 29.8 Å². The maximum atomic E-state index is 9.57. The summed E-state index contributed by atoms with van der Waals surface area (Å²) in [6.07, 6.45) is 0. The second-order valence-electron chi connectivity index (χ2n) is 3.67. The number of hydrogen-bond donors (Lipinski definition) is 3. The molecule has 0 amide bonds. The zero-order chi connectivity index (χ0) is 10.6. The Morgan fingerprint density at radius 2 is 2.00 bits per heavy atom. The standard InChI is InChI=1S/C11H18N2O/c1-8(12)7-13-9(2)10-5-3-4-6-11(10)14/h3-6,8-9,13-14H,7,12H2,1-2H3. The van der Waals surface area contributed by atoms with Crippen molar-refractivity contribution in [3.63, 3.8) is 0 Å². The Morgan fingerprint density at radius 1 is 1.36 bits per heavy atom. The van der Waals surface area contributed by atoms with Gasteiger partial charge in [-0.3, -0.25) is 0 Å². The van der Waals surface area contributed by atoms with Crippen LogP contribution in [0.15, 0.2) is 24.3 Å². The summed E-state index contributed by atoms with van der Waals surface area (Å²) in [5, 5.41) is 12.8. The van der Waals surface area contributed by atoms with E-state index >= 15 is 0 Å². The molecule has 2 unspecified atom stereocenters. The van der Waals surface area contributed by atoms with Crippen molar-refractivity contribution in [3.8, 4) is 5.75 Å². The lowest BCUT2D eigenvalue weighted by atomic mass is 10.1. The third-order valence-electron chi connectivity index (χ3n) is 2.15. The Hall–Kier alpha value is -1.06. The van der Waals surface area contributed by atoms with Crippen LogP contribution in [0.4, 0.5) is 0 Å². The number of benzene rings is 1. The van der Waals surface area contributed by atoms with Crippen molar-refractivity contribution in [2.45, 2.75) is 25.9 Å². The van der Waals surface area contributed by atoms with Crippen LogP contribution in [-0.4, -0.2) is 17.7 Å². The first-order valence-electron chi connectivity index (χ1n) is 4.88. The van der Waals surface area contributed by atoms with E-state index in [1.807, 2.05) is 32.0 Å². The second-order valence-corrected chi connectivity index (χ2v) is 3.67. The zero-order valence-corrected chi connectivity index (χ0v) is 8.70. The Bertz CT molecular complexity index is 286. The van der Waals surface area contributed by atoms with Crippen LogP contribution in [0.5, 0.6) is 5.75 Å². The molecule has 0 spiro atoms. The molecule has 0 heterocycles. The normalized spacial score (nSPS) is 15.1. The number of para-hydroxylation sites is 1. The minimum Gasteiger partial charge on any atom is -0.508 e. The smallest absolute Gasteiger partial charge is 0.120 e. The first kappa shape index (κ1) is 11.0. The summed E-state index contributed by atoms with van der Waals surface area (Å²) in [5.41, 5.74) is 6.54. The Kier molecular flexibility index (Phi) is 3.92. The Labute approximate surface area is 84.9 Å². The van der Waals surface area contributed by atoms with E-state index in [2.05, 4.69) is 5.32 Å². The summed E-state index contributed by atoms with van der Waals surface area (Å²) in [6, 6.07) is 7.59. The Morgan fingerprint density at radius 3 is 2.57 bits per heavy atom. The van der Waals surface area contributed by atoms with Crippen LogP contribution in [0, 0.1) is 0 Å². The van der Waals surface area contributed by atoms with Gasteiger partial charge in [0.05, 0.1) is 0 Å². The molecular formula is C11H18N2O. The van der Waals surface area contributed by atoms with Crippen molar-refractivity contribution < 1.29 is 5.11 Å². The molecule has 14 heavy (non-hydrogen) atoms. The van der Waals surface area contributed by atoms with E-state index in [1.165, 1.54) is 0 Å². The van der Waals surface area contributed by atoms with Gasteiger partial charge in [-0.15, -0.1) is 0 Å². The van der Waals surface area contributed by atoms with Gasteiger partial charge in [-0.1, -0.05) is 18.2 Å². The van der Waals surface area contributed by atoms with E-state index in [-0.39, 0.29) is 12.1 Å². The monoisotopic (exact) mass is 194 g/mol. The van der Waals surface area contributed by atoms with Gasteiger partial charge in [-0.25, -0.2) is 0 Å². The molecule has 0 aliphatic carbocycles. The number of nitrogens with two attached hydrogens (primary N) is 1. The topological polar surface area (TPSA) is 58.3 Å². The molecule has 0 saturated carbocycles. The summed E-state index contributed by atoms with van der Waals surface area (Å²) >= 11 is 0. The quantitative estimate of drug-likeness (QED) is 0.679. The molecule has 0 fully saturated rings. The highest BCUT2D eigenvalue weighted by Gasteiger charge is 2.08. The van der Waals surface area contributed by atoms with E-state index in [4.69, 9.17) is 5.73 Å². The van der Waals surface area contributed by atoms with Crippen LogP contribution in [0.3, 0.4) is 0 Å². The van der Waals surface area contributed by atoms with Gasteiger partial charge in [-0.05, 0) is 19.9 Å². The molecule has 1 aromatic carbocycles. The molecule has 3 nitrogen and oxygen atoms in total. The van der Waals surface area contributed by atoms with Crippen molar-refractivity contribution in [1.29, 1.82) is 0 Å². The average Bonchev–Trinajstić information content (AvgIpc) is 2.15. The molecule has 0 bridgehead atoms. The molecule has 2 atom stereocenters. The van der Waals surface area contributed by atoms with Gasteiger partial charge in [0.1, 0.15) is 5.75 Å². The minimum atomic E-state index is 0.127. The SMILES string of the molecule is CC(N)CNC(C)c1ccccc1O. The Balaban J connectivity index is 2.60. The van der Waals surface area contributed by atoms with Gasteiger partial charge in [0, 0.05) is 24.2 Å². The van der Waals surface area contributed by atoms with E-state index < -0.39 is 0 Å². The molecule has 78 valence electrons. The number of nitrogens with one attached hydrogen (secondary N) is 1. The lowest BCUT2D eigenvalue weighted by Crippen LogP contribution is -2.32. The largest absolute Gasteiger partial charge is 0.508 e. The van der Waals surface area contributed by atoms with Crippen molar-refractivity contribution in [2.24, 2.45) is 5.73 Å². The highest BCUT2D eigenvalue weighted by atomic mass is 16.3. The fourth-order valence-electron chi connectivity index (χ4n) is 1.33. The molecule has 1 aromatic rings. The van der Waals surface area contributed by atoms with E-state index in [1.54, 1.807) is 6.07 Å². The van der Waals surface area contributed by atoms with Crippen LogP contribution in [0.2, 0.25) is 0 Å². The highest BCUT2D eigenvalue weighted by molar-refractivity contribution is 5.34. The number of hydrogen-bond acceptors (Lipinski definition) is 3. The predicted molar refractivity (Wildman–Crippen MR) is 58.2 cm³/mol. The molecule has 0 aliphatic heterocycles. The first-order chi connectivity index (χ1) is 6.61. The van der Waals surface area contributed by atoms with Gasteiger partial charge in [0.2, 0.25) is 0 Å².